The smallest absolute Gasteiger partial charge is 0.258 e. The first kappa shape index (κ1) is 18.4. The van der Waals surface area contributed by atoms with Crippen molar-refractivity contribution in [1.29, 1.82) is 0 Å². The number of nitrogens with zero attached hydrogens (tertiary/aromatic N) is 1. The summed E-state index contributed by atoms with van der Waals surface area (Å²) in [4.78, 5) is 24.2. The van der Waals surface area contributed by atoms with Gasteiger partial charge in [0.05, 0.1) is 6.54 Å². The Balaban J connectivity index is 1.39. The van der Waals surface area contributed by atoms with Gasteiger partial charge in [-0.3, -0.25) is 9.59 Å². The number of rotatable bonds is 6. The molecule has 2 aliphatic rings. The molecule has 2 saturated carbocycles. The van der Waals surface area contributed by atoms with Crippen molar-refractivity contribution in [3.8, 4) is 17.6 Å². The third-order valence-corrected chi connectivity index (χ3v) is 4.91. The van der Waals surface area contributed by atoms with Gasteiger partial charge in [-0.1, -0.05) is 24.0 Å². The molecule has 144 valence electrons. The van der Waals surface area contributed by atoms with E-state index in [9.17, 15) is 9.59 Å². The Hall–Kier alpha value is -3.00. The van der Waals surface area contributed by atoms with Gasteiger partial charge in [-0.2, -0.15) is 0 Å². The Morgan fingerprint density at radius 2 is 1.93 bits per heavy atom. The maximum Gasteiger partial charge on any atom is 0.258 e. The Kier molecular flexibility index (Phi) is 5.21. The quantitative estimate of drug-likeness (QED) is 0.789. The van der Waals surface area contributed by atoms with E-state index in [4.69, 9.17) is 4.74 Å². The highest BCUT2D eigenvalue weighted by molar-refractivity contribution is 5.78. The van der Waals surface area contributed by atoms with Gasteiger partial charge in [0.25, 0.3) is 11.5 Å². The minimum absolute atomic E-state index is 0.0667. The monoisotopic (exact) mass is 376 g/mol. The van der Waals surface area contributed by atoms with E-state index in [0.29, 0.717) is 24.3 Å². The van der Waals surface area contributed by atoms with Crippen molar-refractivity contribution < 1.29 is 9.53 Å². The summed E-state index contributed by atoms with van der Waals surface area (Å²) in [7, 11) is 0. The summed E-state index contributed by atoms with van der Waals surface area (Å²) < 4.78 is 7.19. The van der Waals surface area contributed by atoms with Gasteiger partial charge in [0.15, 0.2) is 6.61 Å². The second-order valence-electron chi connectivity index (χ2n) is 7.63. The zero-order valence-corrected chi connectivity index (χ0v) is 16.0. The predicted molar refractivity (Wildman–Crippen MR) is 107 cm³/mol. The van der Waals surface area contributed by atoms with Crippen molar-refractivity contribution in [3.05, 3.63) is 63.6 Å². The van der Waals surface area contributed by atoms with E-state index < -0.39 is 0 Å². The van der Waals surface area contributed by atoms with E-state index in [1.54, 1.807) is 10.6 Å². The maximum atomic E-state index is 12.5. The fraction of sp³-hybridized carbons (Fsp3) is 0.391. The molecule has 2 aromatic rings. The molecule has 1 aromatic heterocycles. The third-order valence-electron chi connectivity index (χ3n) is 4.91. The van der Waals surface area contributed by atoms with Gasteiger partial charge in [0, 0.05) is 29.3 Å². The van der Waals surface area contributed by atoms with Gasteiger partial charge >= 0.3 is 0 Å². The highest BCUT2D eigenvalue weighted by Crippen LogP contribution is 2.27. The first-order valence-electron chi connectivity index (χ1n) is 9.81. The van der Waals surface area contributed by atoms with Gasteiger partial charge in [-0.05, 0) is 56.4 Å². The molecule has 0 bridgehead atoms. The summed E-state index contributed by atoms with van der Waals surface area (Å²) in [5, 5.41) is 2.86. The summed E-state index contributed by atoms with van der Waals surface area (Å²) >= 11 is 0. The van der Waals surface area contributed by atoms with Crippen LogP contribution in [0, 0.1) is 24.7 Å². The average Bonchev–Trinajstić information content (AvgIpc) is 3.58. The number of carbonyl (C=O) groups excluding carboxylic acids is 1. The van der Waals surface area contributed by atoms with Crippen LogP contribution in [0.5, 0.6) is 5.75 Å². The van der Waals surface area contributed by atoms with Gasteiger partial charge < -0.3 is 14.6 Å². The molecule has 1 amide bonds. The molecule has 5 nitrogen and oxygen atoms in total. The van der Waals surface area contributed by atoms with Crippen molar-refractivity contribution in [2.45, 2.75) is 45.2 Å². The molecule has 0 aliphatic heterocycles. The molecular formula is C23H24N2O3. The van der Waals surface area contributed by atoms with Crippen LogP contribution < -0.4 is 15.6 Å². The van der Waals surface area contributed by atoms with Gasteiger partial charge in [0.2, 0.25) is 0 Å². The van der Waals surface area contributed by atoms with Crippen LogP contribution in [-0.2, 0) is 11.3 Å². The topological polar surface area (TPSA) is 60.3 Å². The van der Waals surface area contributed by atoms with Gasteiger partial charge in [-0.15, -0.1) is 0 Å². The number of amides is 1. The zero-order chi connectivity index (χ0) is 19.5. The second kappa shape index (κ2) is 7.93. The van der Waals surface area contributed by atoms with E-state index in [2.05, 4.69) is 17.2 Å². The van der Waals surface area contributed by atoms with Crippen LogP contribution in [-0.4, -0.2) is 23.1 Å². The minimum Gasteiger partial charge on any atom is -0.484 e. The van der Waals surface area contributed by atoms with Gasteiger partial charge in [-0.25, -0.2) is 0 Å². The minimum atomic E-state index is -0.144. The number of benzene rings is 1. The van der Waals surface area contributed by atoms with Crippen LogP contribution in [0.15, 0.2) is 41.2 Å². The number of ether oxygens (including phenoxy) is 1. The number of hydrogen-bond donors (Lipinski definition) is 1. The van der Waals surface area contributed by atoms with Crippen LogP contribution in [0.3, 0.4) is 0 Å². The second-order valence-corrected chi connectivity index (χ2v) is 7.63. The lowest BCUT2D eigenvalue weighted by atomic mass is 10.1. The van der Waals surface area contributed by atoms with Crippen molar-refractivity contribution >= 4 is 5.91 Å². The fourth-order valence-corrected chi connectivity index (χ4v) is 2.92. The molecule has 1 heterocycles. The number of hydrogen-bond acceptors (Lipinski definition) is 3. The van der Waals surface area contributed by atoms with Crippen LogP contribution in [0.25, 0.3) is 0 Å². The molecule has 0 spiro atoms. The molecule has 28 heavy (non-hydrogen) atoms. The zero-order valence-electron chi connectivity index (χ0n) is 16.0. The molecule has 1 N–H and O–H groups in total. The van der Waals surface area contributed by atoms with E-state index in [1.165, 1.54) is 18.9 Å². The number of nitrogens with one attached hydrogen (secondary N) is 1. The van der Waals surface area contributed by atoms with Crippen molar-refractivity contribution in [2.24, 2.45) is 5.92 Å². The van der Waals surface area contributed by atoms with Crippen molar-refractivity contribution in [3.63, 3.8) is 0 Å². The summed E-state index contributed by atoms with van der Waals surface area (Å²) in [6.07, 6.45) is 4.51. The first-order valence-corrected chi connectivity index (χ1v) is 9.81. The summed E-state index contributed by atoms with van der Waals surface area (Å²) in [6.45, 7) is 2.29. The lowest BCUT2D eigenvalue weighted by Gasteiger charge is -2.13. The number of aromatic nitrogens is 1. The first-order chi connectivity index (χ1) is 13.6. The fourth-order valence-electron chi connectivity index (χ4n) is 2.92. The standard InChI is InChI=1S/C23H24N2O3/c1-16-12-21(28-15-22(26)24-20-10-11-20)13-23(27)25(16)14-19-8-6-18(7-9-19)5-4-17-2-3-17/h6-9,12-13,17,20H,2-3,10-11,14-15H2,1H3,(H,24,26). The molecule has 2 aliphatic carbocycles. The maximum absolute atomic E-state index is 12.5. The predicted octanol–water partition coefficient (Wildman–Crippen LogP) is 2.62. The van der Waals surface area contributed by atoms with Crippen molar-refractivity contribution in [2.75, 3.05) is 6.61 Å². The normalized spacial score (nSPS) is 15.5. The molecule has 2 fully saturated rings. The molecular weight excluding hydrogens is 352 g/mol. The lowest BCUT2D eigenvalue weighted by Crippen LogP contribution is -2.31. The molecule has 0 unspecified atom stereocenters. The Morgan fingerprint density at radius 3 is 2.57 bits per heavy atom. The van der Waals surface area contributed by atoms with E-state index in [0.717, 1.165) is 29.7 Å². The number of pyridine rings is 1. The van der Waals surface area contributed by atoms with Crippen molar-refractivity contribution in [1.82, 2.24) is 9.88 Å². The molecule has 0 radical (unpaired) electrons. The summed E-state index contributed by atoms with van der Waals surface area (Å²) in [6, 6.07) is 11.6. The van der Waals surface area contributed by atoms with E-state index in [1.807, 2.05) is 31.2 Å². The molecule has 4 rings (SSSR count). The van der Waals surface area contributed by atoms with Crippen LogP contribution in [0.4, 0.5) is 0 Å². The molecule has 5 heteroatoms. The van der Waals surface area contributed by atoms with E-state index >= 15 is 0 Å². The number of aryl methyl sites for hydroxylation is 1. The summed E-state index contributed by atoms with van der Waals surface area (Å²) in [5.74, 6) is 7.32. The molecule has 0 atom stereocenters. The highest BCUT2D eigenvalue weighted by atomic mass is 16.5. The Morgan fingerprint density at radius 1 is 1.18 bits per heavy atom. The van der Waals surface area contributed by atoms with Crippen LogP contribution >= 0.6 is 0 Å². The Bertz CT molecular complexity index is 987. The number of carbonyl (C=O) groups is 1. The van der Waals surface area contributed by atoms with Crippen LogP contribution in [0.2, 0.25) is 0 Å². The summed E-state index contributed by atoms with van der Waals surface area (Å²) in [5.41, 5.74) is 2.70. The third kappa shape index (κ3) is 5.04. The largest absolute Gasteiger partial charge is 0.484 e. The van der Waals surface area contributed by atoms with E-state index in [-0.39, 0.29) is 18.1 Å². The van der Waals surface area contributed by atoms with Gasteiger partial charge in [0.1, 0.15) is 5.75 Å². The molecule has 1 aromatic carbocycles. The lowest BCUT2D eigenvalue weighted by molar-refractivity contribution is -0.123. The SMILES string of the molecule is Cc1cc(OCC(=O)NC2CC2)cc(=O)n1Cc1ccc(C#CC2CC2)cc1. The highest BCUT2D eigenvalue weighted by Gasteiger charge is 2.23. The Labute approximate surface area is 164 Å². The molecule has 0 saturated heterocycles. The van der Waals surface area contributed by atoms with Crippen LogP contribution in [0.1, 0.15) is 42.5 Å². The average molecular weight is 376 g/mol.